The first kappa shape index (κ1) is 14.3. The first-order valence-electron chi connectivity index (χ1n) is 7.47. The lowest BCUT2D eigenvalue weighted by molar-refractivity contribution is 0.0954. The van der Waals surface area contributed by atoms with Crippen LogP contribution >= 0.6 is 0 Å². The molecule has 0 aliphatic carbocycles. The first-order chi connectivity index (χ1) is 10.8. The van der Waals surface area contributed by atoms with Gasteiger partial charge in [0.1, 0.15) is 5.56 Å². The van der Waals surface area contributed by atoms with E-state index in [1.807, 2.05) is 36.4 Å². The quantitative estimate of drug-likeness (QED) is 0.736. The minimum atomic E-state index is -0.124. The molecule has 1 amide bonds. The summed E-state index contributed by atoms with van der Waals surface area (Å²) >= 11 is 0. The highest BCUT2D eigenvalue weighted by Crippen LogP contribution is 2.20. The zero-order valence-corrected chi connectivity index (χ0v) is 12.5. The van der Waals surface area contributed by atoms with Gasteiger partial charge in [-0.3, -0.25) is 4.79 Å². The van der Waals surface area contributed by atoms with Crippen LogP contribution in [0.25, 0.3) is 16.9 Å². The third kappa shape index (κ3) is 2.70. The number of benzene rings is 1. The molecule has 0 aliphatic heterocycles. The first-order valence-corrected chi connectivity index (χ1v) is 7.47. The summed E-state index contributed by atoms with van der Waals surface area (Å²) in [6, 6.07) is 11.8. The molecule has 5 nitrogen and oxygen atoms in total. The van der Waals surface area contributed by atoms with Crippen LogP contribution in [0.4, 0.5) is 0 Å². The number of aromatic nitrogens is 3. The van der Waals surface area contributed by atoms with Crippen molar-refractivity contribution < 1.29 is 4.79 Å². The van der Waals surface area contributed by atoms with Crippen molar-refractivity contribution in [1.29, 1.82) is 0 Å². The van der Waals surface area contributed by atoms with E-state index in [-0.39, 0.29) is 5.91 Å². The molecule has 2 heterocycles. The van der Waals surface area contributed by atoms with E-state index in [9.17, 15) is 4.79 Å². The standard InChI is InChI=1S/C17H18N4O/c1-2-3-10-19-17(22)14-12-20-21-15(9-11-18-16(14)21)13-7-5-4-6-8-13/h4-9,11-12H,2-3,10H2,1H3,(H,19,22). The second kappa shape index (κ2) is 6.39. The van der Waals surface area contributed by atoms with Gasteiger partial charge in [0.2, 0.25) is 0 Å². The minimum Gasteiger partial charge on any atom is -0.352 e. The van der Waals surface area contributed by atoms with Crippen molar-refractivity contribution in [2.24, 2.45) is 0 Å². The molecule has 22 heavy (non-hydrogen) atoms. The number of unbranched alkanes of at least 4 members (excludes halogenated alkanes) is 1. The second-order valence-corrected chi connectivity index (χ2v) is 5.10. The number of carbonyl (C=O) groups excluding carboxylic acids is 1. The zero-order chi connectivity index (χ0) is 15.4. The Bertz CT molecular complexity index is 780. The molecular weight excluding hydrogens is 276 g/mol. The maximum Gasteiger partial charge on any atom is 0.256 e. The van der Waals surface area contributed by atoms with Gasteiger partial charge in [0, 0.05) is 18.3 Å². The van der Waals surface area contributed by atoms with E-state index in [0.29, 0.717) is 17.8 Å². The lowest BCUT2D eigenvalue weighted by Crippen LogP contribution is -2.24. The average Bonchev–Trinajstić information content (AvgIpc) is 3.00. The largest absolute Gasteiger partial charge is 0.352 e. The Morgan fingerprint density at radius 1 is 1.23 bits per heavy atom. The maximum atomic E-state index is 12.2. The topological polar surface area (TPSA) is 59.3 Å². The minimum absolute atomic E-state index is 0.124. The monoisotopic (exact) mass is 294 g/mol. The van der Waals surface area contributed by atoms with E-state index < -0.39 is 0 Å². The van der Waals surface area contributed by atoms with Crippen molar-refractivity contribution in [3.63, 3.8) is 0 Å². The molecule has 0 bridgehead atoms. The van der Waals surface area contributed by atoms with Gasteiger partial charge in [0.05, 0.1) is 11.9 Å². The number of rotatable bonds is 5. The Kier molecular flexibility index (Phi) is 4.14. The molecule has 0 fully saturated rings. The van der Waals surface area contributed by atoms with Crippen molar-refractivity contribution >= 4 is 11.6 Å². The molecule has 1 aromatic carbocycles. The fourth-order valence-corrected chi connectivity index (χ4v) is 2.35. The zero-order valence-electron chi connectivity index (χ0n) is 12.5. The number of fused-ring (bicyclic) bond motifs is 1. The normalized spacial score (nSPS) is 10.8. The number of amides is 1. The Morgan fingerprint density at radius 3 is 2.82 bits per heavy atom. The molecule has 1 N–H and O–H groups in total. The highest BCUT2D eigenvalue weighted by Gasteiger charge is 2.15. The van der Waals surface area contributed by atoms with E-state index in [0.717, 1.165) is 24.1 Å². The summed E-state index contributed by atoms with van der Waals surface area (Å²) < 4.78 is 1.71. The van der Waals surface area contributed by atoms with Crippen LogP contribution in [0.2, 0.25) is 0 Å². The summed E-state index contributed by atoms with van der Waals surface area (Å²) in [4.78, 5) is 16.6. The van der Waals surface area contributed by atoms with Crippen LogP contribution in [-0.4, -0.2) is 27.0 Å². The van der Waals surface area contributed by atoms with E-state index in [1.165, 1.54) is 0 Å². The Labute approximate surface area is 129 Å². The van der Waals surface area contributed by atoms with Crippen LogP contribution in [0.5, 0.6) is 0 Å². The molecule has 112 valence electrons. The molecule has 0 saturated carbocycles. The fraction of sp³-hybridized carbons (Fsp3) is 0.235. The van der Waals surface area contributed by atoms with Gasteiger partial charge in [-0.15, -0.1) is 0 Å². The lowest BCUT2D eigenvalue weighted by Gasteiger charge is -2.05. The Morgan fingerprint density at radius 2 is 2.05 bits per heavy atom. The molecule has 5 heteroatoms. The van der Waals surface area contributed by atoms with Gasteiger partial charge in [-0.25, -0.2) is 9.50 Å². The Balaban J connectivity index is 1.97. The van der Waals surface area contributed by atoms with Crippen molar-refractivity contribution in [2.75, 3.05) is 6.54 Å². The molecule has 3 rings (SSSR count). The van der Waals surface area contributed by atoms with Crippen LogP contribution in [0, 0.1) is 0 Å². The summed E-state index contributed by atoms with van der Waals surface area (Å²) in [7, 11) is 0. The molecule has 0 spiro atoms. The van der Waals surface area contributed by atoms with Crippen LogP contribution in [-0.2, 0) is 0 Å². The average molecular weight is 294 g/mol. The van der Waals surface area contributed by atoms with E-state index in [2.05, 4.69) is 22.3 Å². The van der Waals surface area contributed by atoms with Gasteiger partial charge >= 0.3 is 0 Å². The summed E-state index contributed by atoms with van der Waals surface area (Å²) in [6.07, 6.45) is 5.30. The molecule has 0 atom stereocenters. The third-order valence-electron chi connectivity index (χ3n) is 3.53. The van der Waals surface area contributed by atoms with Crippen LogP contribution < -0.4 is 5.32 Å². The number of hydrogen-bond acceptors (Lipinski definition) is 3. The predicted octanol–water partition coefficient (Wildman–Crippen LogP) is 2.93. The van der Waals surface area contributed by atoms with Gasteiger partial charge < -0.3 is 5.32 Å². The molecule has 2 aromatic heterocycles. The molecular formula is C17H18N4O. The summed E-state index contributed by atoms with van der Waals surface area (Å²) in [6.45, 7) is 2.76. The molecule has 3 aromatic rings. The molecule has 0 saturated heterocycles. The summed E-state index contributed by atoms with van der Waals surface area (Å²) in [5, 5.41) is 7.24. The van der Waals surface area contributed by atoms with E-state index in [4.69, 9.17) is 0 Å². The van der Waals surface area contributed by atoms with Gasteiger partial charge in [0.25, 0.3) is 5.91 Å². The predicted molar refractivity (Wildman–Crippen MR) is 85.7 cm³/mol. The van der Waals surface area contributed by atoms with Crippen LogP contribution in [0.1, 0.15) is 30.1 Å². The number of nitrogens with zero attached hydrogens (tertiary/aromatic N) is 3. The number of carbonyl (C=O) groups is 1. The third-order valence-corrected chi connectivity index (χ3v) is 3.53. The Hall–Kier alpha value is -2.69. The smallest absolute Gasteiger partial charge is 0.256 e. The molecule has 0 radical (unpaired) electrons. The lowest BCUT2D eigenvalue weighted by atomic mass is 10.1. The van der Waals surface area contributed by atoms with Gasteiger partial charge in [-0.1, -0.05) is 43.7 Å². The van der Waals surface area contributed by atoms with Crippen molar-refractivity contribution in [2.45, 2.75) is 19.8 Å². The van der Waals surface area contributed by atoms with E-state index >= 15 is 0 Å². The number of hydrogen-bond donors (Lipinski definition) is 1. The van der Waals surface area contributed by atoms with Crippen molar-refractivity contribution in [1.82, 2.24) is 19.9 Å². The molecule has 0 unspecified atom stereocenters. The SMILES string of the molecule is CCCCNC(=O)c1cnn2c(-c3ccccc3)ccnc12. The maximum absolute atomic E-state index is 12.2. The van der Waals surface area contributed by atoms with Crippen LogP contribution in [0.3, 0.4) is 0 Å². The van der Waals surface area contributed by atoms with Gasteiger partial charge in [-0.05, 0) is 12.5 Å². The molecule has 0 aliphatic rings. The highest BCUT2D eigenvalue weighted by molar-refractivity contribution is 5.99. The fourth-order valence-electron chi connectivity index (χ4n) is 2.35. The van der Waals surface area contributed by atoms with Crippen LogP contribution in [0.15, 0.2) is 48.8 Å². The van der Waals surface area contributed by atoms with Gasteiger partial charge in [0.15, 0.2) is 5.65 Å². The summed E-state index contributed by atoms with van der Waals surface area (Å²) in [5.74, 6) is -0.124. The second-order valence-electron chi connectivity index (χ2n) is 5.10. The highest BCUT2D eigenvalue weighted by atomic mass is 16.1. The van der Waals surface area contributed by atoms with Crippen molar-refractivity contribution in [3.8, 4) is 11.3 Å². The van der Waals surface area contributed by atoms with Crippen molar-refractivity contribution in [3.05, 3.63) is 54.4 Å². The van der Waals surface area contributed by atoms with E-state index in [1.54, 1.807) is 16.9 Å². The number of nitrogens with one attached hydrogen (secondary N) is 1. The summed E-state index contributed by atoms with van der Waals surface area (Å²) in [5.41, 5.74) is 3.04. The van der Waals surface area contributed by atoms with Gasteiger partial charge in [-0.2, -0.15) is 5.10 Å².